The summed E-state index contributed by atoms with van der Waals surface area (Å²) in [5.74, 6) is -6.80. The summed E-state index contributed by atoms with van der Waals surface area (Å²) >= 11 is 3.20. The third kappa shape index (κ3) is 1.35. The molecule has 0 aliphatic rings. The number of halogens is 4. The molecule has 1 nitrogen and oxygen atoms in total. The maximum atomic E-state index is 12.7. The zero-order valence-electron chi connectivity index (χ0n) is 5.91. The first-order chi connectivity index (χ1) is 6.00. The van der Waals surface area contributed by atoms with E-state index in [0.717, 1.165) is 6.07 Å². The fourth-order valence-electron chi connectivity index (χ4n) is 0.718. The van der Waals surface area contributed by atoms with Gasteiger partial charge in [-0.15, -0.1) is 12.6 Å². The van der Waals surface area contributed by atoms with Crippen LogP contribution in [0, 0.1) is 34.6 Å². The Morgan fingerprint density at radius 1 is 0.923 bits per heavy atom. The zero-order valence-corrected chi connectivity index (χ0v) is 6.80. The van der Waals surface area contributed by atoms with Gasteiger partial charge in [0, 0.05) is 0 Å². The maximum Gasteiger partial charge on any atom is 0.180 e. The van der Waals surface area contributed by atoms with Gasteiger partial charge in [-0.1, -0.05) is 0 Å². The highest BCUT2D eigenvalue weighted by molar-refractivity contribution is 7.80. The molecule has 0 saturated heterocycles. The van der Waals surface area contributed by atoms with Crippen molar-refractivity contribution in [1.29, 1.82) is 5.26 Å². The summed E-state index contributed by atoms with van der Waals surface area (Å²) in [5.41, 5.74) is -1.28. The molecule has 6 heteroatoms. The van der Waals surface area contributed by atoms with Crippen LogP contribution < -0.4 is 0 Å². The fourth-order valence-corrected chi connectivity index (χ4v) is 0.915. The van der Waals surface area contributed by atoms with Crippen molar-refractivity contribution in [2.24, 2.45) is 0 Å². The topological polar surface area (TPSA) is 23.8 Å². The predicted octanol–water partition coefficient (Wildman–Crippen LogP) is 2.40. The average Bonchev–Trinajstić information content (AvgIpc) is 2.13. The molecule has 0 aliphatic heterocycles. The van der Waals surface area contributed by atoms with E-state index in [1.165, 1.54) is 0 Å². The van der Waals surface area contributed by atoms with Gasteiger partial charge in [-0.25, -0.2) is 17.6 Å². The Morgan fingerprint density at radius 2 is 1.31 bits per heavy atom. The van der Waals surface area contributed by atoms with Crippen LogP contribution in [0.5, 0.6) is 0 Å². The molecule has 0 amide bonds. The van der Waals surface area contributed by atoms with Crippen molar-refractivity contribution in [2.75, 3.05) is 0 Å². The van der Waals surface area contributed by atoms with E-state index in [2.05, 4.69) is 12.6 Å². The zero-order chi connectivity index (χ0) is 10.2. The lowest BCUT2D eigenvalue weighted by molar-refractivity contribution is 0.423. The van der Waals surface area contributed by atoms with Gasteiger partial charge in [-0.05, 0) is 0 Å². The van der Waals surface area contributed by atoms with Gasteiger partial charge in [-0.2, -0.15) is 5.26 Å². The van der Waals surface area contributed by atoms with Crippen LogP contribution in [0.15, 0.2) is 4.90 Å². The minimum absolute atomic E-state index is 1.01. The summed E-state index contributed by atoms with van der Waals surface area (Å²) in [4.78, 5) is -1.08. The van der Waals surface area contributed by atoms with Crippen LogP contribution in [0.3, 0.4) is 0 Å². The minimum Gasteiger partial charge on any atom is -0.202 e. The molecule has 0 radical (unpaired) electrons. The molecule has 0 unspecified atom stereocenters. The van der Waals surface area contributed by atoms with E-state index < -0.39 is 33.7 Å². The molecule has 68 valence electrons. The van der Waals surface area contributed by atoms with E-state index in [0.29, 0.717) is 0 Å². The molecular weight excluding hydrogens is 206 g/mol. The highest BCUT2D eigenvalue weighted by atomic mass is 32.1. The molecule has 0 aromatic heterocycles. The molecule has 0 heterocycles. The molecule has 0 atom stereocenters. The summed E-state index contributed by atoms with van der Waals surface area (Å²) in [6.45, 7) is 0. The SMILES string of the molecule is N#Cc1c(F)c(F)c(S)c(F)c1F. The number of benzene rings is 1. The smallest absolute Gasteiger partial charge is 0.180 e. The van der Waals surface area contributed by atoms with Crippen molar-refractivity contribution in [3.63, 3.8) is 0 Å². The first-order valence-corrected chi connectivity index (χ1v) is 3.40. The summed E-state index contributed by atoms with van der Waals surface area (Å²) in [6, 6.07) is 1.01. The first kappa shape index (κ1) is 9.86. The van der Waals surface area contributed by atoms with Crippen molar-refractivity contribution in [1.82, 2.24) is 0 Å². The molecule has 0 aliphatic carbocycles. The molecule has 0 saturated carbocycles. The maximum absolute atomic E-state index is 12.7. The van der Waals surface area contributed by atoms with Crippen molar-refractivity contribution in [2.45, 2.75) is 4.90 Å². The second kappa shape index (κ2) is 3.26. The van der Waals surface area contributed by atoms with Gasteiger partial charge in [0.2, 0.25) is 0 Å². The van der Waals surface area contributed by atoms with Crippen LogP contribution in [-0.4, -0.2) is 0 Å². The Kier molecular flexibility index (Phi) is 2.48. The molecule has 0 spiro atoms. The van der Waals surface area contributed by atoms with Gasteiger partial charge in [0.25, 0.3) is 0 Å². The van der Waals surface area contributed by atoms with Crippen LogP contribution in [0.4, 0.5) is 17.6 Å². The second-order valence-corrected chi connectivity index (χ2v) is 2.54. The summed E-state index contributed by atoms with van der Waals surface area (Å²) < 4.78 is 50.5. The third-order valence-electron chi connectivity index (χ3n) is 1.35. The van der Waals surface area contributed by atoms with E-state index in [-0.39, 0.29) is 0 Å². The number of hydrogen-bond acceptors (Lipinski definition) is 2. The van der Waals surface area contributed by atoms with E-state index >= 15 is 0 Å². The minimum atomic E-state index is -1.73. The molecule has 1 aromatic carbocycles. The molecule has 1 rings (SSSR count). The normalized spacial score (nSPS) is 9.85. The highest BCUT2D eigenvalue weighted by Crippen LogP contribution is 2.25. The molecule has 0 fully saturated rings. The van der Waals surface area contributed by atoms with Crippen LogP contribution >= 0.6 is 12.6 Å². The Morgan fingerprint density at radius 3 is 1.62 bits per heavy atom. The van der Waals surface area contributed by atoms with Gasteiger partial charge in [0.1, 0.15) is 11.6 Å². The second-order valence-electron chi connectivity index (χ2n) is 2.09. The Labute approximate surface area is 76.0 Å². The largest absolute Gasteiger partial charge is 0.202 e. The highest BCUT2D eigenvalue weighted by Gasteiger charge is 2.23. The molecule has 0 N–H and O–H groups in total. The van der Waals surface area contributed by atoms with Crippen molar-refractivity contribution >= 4 is 12.6 Å². The van der Waals surface area contributed by atoms with Crippen LogP contribution in [0.2, 0.25) is 0 Å². The number of thiol groups is 1. The van der Waals surface area contributed by atoms with E-state index in [9.17, 15) is 17.6 Å². The lowest BCUT2D eigenvalue weighted by Crippen LogP contribution is -2.01. The van der Waals surface area contributed by atoms with E-state index in [1.54, 1.807) is 0 Å². The lowest BCUT2D eigenvalue weighted by Gasteiger charge is -2.02. The van der Waals surface area contributed by atoms with Gasteiger partial charge < -0.3 is 0 Å². The van der Waals surface area contributed by atoms with Gasteiger partial charge >= 0.3 is 0 Å². The standard InChI is InChI=1S/C7HF4NS/c8-3-2(1-12)4(9)6(11)7(13)5(3)10/h13H. The molecule has 0 bridgehead atoms. The van der Waals surface area contributed by atoms with Gasteiger partial charge in [0.05, 0.1) is 4.90 Å². The number of nitriles is 1. The van der Waals surface area contributed by atoms with E-state index in [1.807, 2.05) is 0 Å². The van der Waals surface area contributed by atoms with Crippen LogP contribution in [0.25, 0.3) is 0 Å². The average molecular weight is 207 g/mol. The predicted molar refractivity (Wildman–Crippen MR) is 38.2 cm³/mol. The first-order valence-electron chi connectivity index (χ1n) is 2.95. The Balaban J connectivity index is 3.69. The van der Waals surface area contributed by atoms with Crippen molar-refractivity contribution < 1.29 is 17.6 Å². The summed E-state index contributed by atoms with van der Waals surface area (Å²) in [6.07, 6.45) is 0. The molecule has 13 heavy (non-hydrogen) atoms. The van der Waals surface area contributed by atoms with Crippen molar-refractivity contribution in [3.8, 4) is 6.07 Å². The third-order valence-corrected chi connectivity index (χ3v) is 1.74. The monoisotopic (exact) mass is 207 g/mol. The summed E-state index contributed by atoms with van der Waals surface area (Å²) in [7, 11) is 0. The Bertz CT molecular complexity index is 381. The van der Waals surface area contributed by atoms with Gasteiger partial charge in [0.15, 0.2) is 23.3 Å². The molecule has 1 aromatic rings. The van der Waals surface area contributed by atoms with Crippen molar-refractivity contribution in [3.05, 3.63) is 28.8 Å². The number of hydrogen-bond donors (Lipinski definition) is 1. The fraction of sp³-hybridized carbons (Fsp3) is 0. The lowest BCUT2D eigenvalue weighted by atomic mass is 10.2. The van der Waals surface area contributed by atoms with Crippen LogP contribution in [0.1, 0.15) is 5.56 Å². The Hall–Kier alpha value is -1.22. The molecular formula is C7HF4NS. The van der Waals surface area contributed by atoms with Gasteiger partial charge in [-0.3, -0.25) is 0 Å². The van der Waals surface area contributed by atoms with E-state index in [4.69, 9.17) is 5.26 Å². The van der Waals surface area contributed by atoms with Crippen LogP contribution in [-0.2, 0) is 0 Å². The number of nitrogens with zero attached hydrogens (tertiary/aromatic N) is 1. The summed E-state index contributed by atoms with van der Waals surface area (Å²) in [5, 5.41) is 8.15. The number of rotatable bonds is 0. The quantitative estimate of drug-likeness (QED) is 0.394.